The van der Waals surface area contributed by atoms with Gasteiger partial charge in [-0.3, -0.25) is 0 Å². The first-order valence-electron chi connectivity index (χ1n) is 9.81. The standard InChI is InChI=1S/C19H35N5S/c1-5-20-19(22-13-18-23-17(14-25-18)15(3)4)21-10-7-16-8-11-24(6-2)12-9-16/h14-16H,5-13H2,1-4H3,(H2,20,21,22). The summed E-state index contributed by atoms with van der Waals surface area (Å²) in [6.45, 7) is 15.0. The molecule has 2 rings (SSSR count). The molecule has 5 nitrogen and oxygen atoms in total. The molecule has 0 bridgehead atoms. The van der Waals surface area contributed by atoms with Crippen molar-refractivity contribution in [2.75, 3.05) is 32.7 Å². The van der Waals surface area contributed by atoms with Gasteiger partial charge < -0.3 is 15.5 Å². The number of thiazole rings is 1. The molecule has 142 valence electrons. The van der Waals surface area contributed by atoms with E-state index in [0.29, 0.717) is 12.5 Å². The minimum Gasteiger partial charge on any atom is -0.357 e. The highest BCUT2D eigenvalue weighted by molar-refractivity contribution is 7.09. The van der Waals surface area contributed by atoms with Gasteiger partial charge >= 0.3 is 0 Å². The Balaban J connectivity index is 1.75. The van der Waals surface area contributed by atoms with Crippen LogP contribution in [0.1, 0.15) is 63.6 Å². The lowest BCUT2D eigenvalue weighted by Gasteiger charge is -2.31. The average Bonchev–Trinajstić information content (AvgIpc) is 3.09. The number of guanidine groups is 1. The summed E-state index contributed by atoms with van der Waals surface area (Å²) in [5.74, 6) is 2.25. The molecule has 0 aromatic carbocycles. The smallest absolute Gasteiger partial charge is 0.191 e. The van der Waals surface area contributed by atoms with Crippen molar-refractivity contribution in [2.24, 2.45) is 10.9 Å². The van der Waals surface area contributed by atoms with Gasteiger partial charge in [0.25, 0.3) is 0 Å². The first kappa shape index (κ1) is 20.2. The molecule has 1 saturated heterocycles. The summed E-state index contributed by atoms with van der Waals surface area (Å²) < 4.78 is 0. The van der Waals surface area contributed by atoms with E-state index in [1.165, 1.54) is 44.6 Å². The predicted octanol–water partition coefficient (Wildman–Crippen LogP) is 3.44. The molecule has 0 spiro atoms. The Hall–Kier alpha value is -1.14. The third kappa shape index (κ3) is 6.94. The van der Waals surface area contributed by atoms with Crippen molar-refractivity contribution in [1.82, 2.24) is 20.5 Å². The second-order valence-electron chi connectivity index (χ2n) is 7.11. The zero-order valence-corrected chi connectivity index (χ0v) is 17.2. The Morgan fingerprint density at radius 3 is 2.68 bits per heavy atom. The lowest BCUT2D eigenvalue weighted by molar-refractivity contribution is 0.187. The van der Waals surface area contributed by atoms with Crippen molar-refractivity contribution < 1.29 is 0 Å². The Bertz CT molecular complexity index is 518. The van der Waals surface area contributed by atoms with Gasteiger partial charge in [0.1, 0.15) is 5.01 Å². The predicted molar refractivity (Wildman–Crippen MR) is 108 cm³/mol. The second-order valence-corrected chi connectivity index (χ2v) is 8.05. The van der Waals surface area contributed by atoms with Crippen LogP contribution in [0.4, 0.5) is 0 Å². The number of aromatic nitrogens is 1. The van der Waals surface area contributed by atoms with E-state index >= 15 is 0 Å². The van der Waals surface area contributed by atoms with Gasteiger partial charge in [0.2, 0.25) is 0 Å². The number of piperidine rings is 1. The van der Waals surface area contributed by atoms with Crippen molar-refractivity contribution in [3.05, 3.63) is 16.1 Å². The van der Waals surface area contributed by atoms with Gasteiger partial charge in [-0.15, -0.1) is 11.3 Å². The molecule has 2 N–H and O–H groups in total. The number of aliphatic imine (C=N–C) groups is 1. The fourth-order valence-electron chi connectivity index (χ4n) is 3.14. The number of nitrogens with one attached hydrogen (secondary N) is 2. The topological polar surface area (TPSA) is 52.6 Å². The molecule has 0 radical (unpaired) electrons. The molecular weight excluding hydrogens is 330 g/mol. The van der Waals surface area contributed by atoms with Gasteiger partial charge in [-0.05, 0) is 57.7 Å². The number of nitrogens with zero attached hydrogens (tertiary/aromatic N) is 3. The van der Waals surface area contributed by atoms with Crippen LogP contribution in [0.5, 0.6) is 0 Å². The minimum absolute atomic E-state index is 0.486. The highest BCUT2D eigenvalue weighted by Gasteiger charge is 2.17. The van der Waals surface area contributed by atoms with E-state index in [2.05, 4.69) is 53.6 Å². The minimum atomic E-state index is 0.486. The van der Waals surface area contributed by atoms with E-state index in [9.17, 15) is 0 Å². The summed E-state index contributed by atoms with van der Waals surface area (Å²) >= 11 is 1.71. The first-order valence-corrected chi connectivity index (χ1v) is 10.7. The fraction of sp³-hybridized carbons (Fsp3) is 0.789. The molecule has 2 heterocycles. The van der Waals surface area contributed by atoms with Gasteiger partial charge in [0, 0.05) is 18.5 Å². The molecule has 0 unspecified atom stereocenters. The van der Waals surface area contributed by atoms with Crippen LogP contribution in [0.25, 0.3) is 0 Å². The third-order valence-electron chi connectivity index (χ3n) is 4.88. The van der Waals surface area contributed by atoms with Crippen LogP contribution >= 0.6 is 11.3 Å². The molecule has 6 heteroatoms. The SMILES string of the molecule is CCNC(=NCc1nc(C(C)C)cs1)NCCC1CCN(CC)CC1. The number of hydrogen-bond acceptors (Lipinski definition) is 4. The lowest BCUT2D eigenvalue weighted by Crippen LogP contribution is -2.39. The van der Waals surface area contributed by atoms with E-state index in [1.54, 1.807) is 11.3 Å². The molecule has 1 aliphatic rings. The van der Waals surface area contributed by atoms with Crippen LogP contribution in [0.3, 0.4) is 0 Å². The molecule has 0 saturated carbocycles. The van der Waals surface area contributed by atoms with Gasteiger partial charge in [0.15, 0.2) is 5.96 Å². The van der Waals surface area contributed by atoms with Crippen LogP contribution in [0.15, 0.2) is 10.4 Å². The number of rotatable bonds is 8. The summed E-state index contributed by atoms with van der Waals surface area (Å²) in [4.78, 5) is 11.9. The molecule has 0 aliphatic carbocycles. The maximum atomic E-state index is 4.70. The normalized spacial score (nSPS) is 17.2. The summed E-state index contributed by atoms with van der Waals surface area (Å²) in [6.07, 6.45) is 3.90. The zero-order chi connectivity index (χ0) is 18.1. The van der Waals surface area contributed by atoms with E-state index in [0.717, 1.165) is 30.0 Å². The maximum Gasteiger partial charge on any atom is 0.191 e. The zero-order valence-electron chi connectivity index (χ0n) is 16.3. The van der Waals surface area contributed by atoms with Gasteiger partial charge in [-0.1, -0.05) is 20.8 Å². The molecule has 0 atom stereocenters. The Morgan fingerprint density at radius 1 is 1.32 bits per heavy atom. The molecular formula is C19H35N5S. The number of likely N-dealkylation sites (tertiary alicyclic amines) is 1. The van der Waals surface area contributed by atoms with E-state index in [-0.39, 0.29) is 0 Å². The van der Waals surface area contributed by atoms with Crippen LogP contribution < -0.4 is 10.6 Å². The Kier molecular flexibility index (Phi) is 8.68. The molecule has 25 heavy (non-hydrogen) atoms. The Labute approximate surface area is 157 Å². The highest BCUT2D eigenvalue weighted by atomic mass is 32.1. The van der Waals surface area contributed by atoms with Crippen LogP contribution in [-0.2, 0) is 6.54 Å². The molecule has 1 aromatic heterocycles. The van der Waals surface area contributed by atoms with Crippen molar-refractivity contribution in [1.29, 1.82) is 0 Å². The lowest BCUT2D eigenvalue weighted by atomic mass is 9.93. The summed E-state index contributed by atoms with van der Waals surface area (Å²) in [5.41, 5.74) is 1.17. The Morgan fingerprint density at radius 2 is 2.08 bits per heavy atom. The van der Waals surface area contributed by atoms with Gasteiger partial charge in [-0.25, -0.2) is 9.98 Å². The van der Waals surface area contributed by atoms with Crippen LogP contribution in [0.2, 0.25) is 0 Å². The molecule has 1 aromatic rings. The quantitative estimate of drug-likeness (QED) is 0.547. The monoisotopic (exact) mass is 365 g/mol. The molecule has 1 aliphatic heterocycles. The fourth-order valence-corrected chi connectivity index (χ4v) is 4.02. The average molecular weight is 366 g/mol. The summed E-state index contributed by atoms with van der Waals surface area (Å²) in [5, 5.41) is 10.1. The number of hydrogen-bond donors (Lipinski definition) is 2. The van der Waals surface area contributed by atoms with E-state index in [4.69, 9.17) is 4.99 Å². The van der Waals surface area contributed by atoms with Gasteiger partial charge in [0.05, 0.1) is 12.2 Å². The third-order valence-corrected chi connectivity index (χ3v) is 5.73. The molecule has 1 fully saturated rings. The summed E-state index contributed by atoms with van der Waals surface area (Å²) in [7, 11) is 0. The summed E-state index contributed by atoms with van der Waals surface area (Å²) in [6, 6.07) is 0. The second kappa shape index (κ2) is 10.8. The first-order chi connectivity index (χ1) is 12.1. The van der Waals surface area contributed by atoms with Crippen LogP contribution in [0, 0.1) is 5.92 Å². The van der Waals surface area contributed by atoms with Crippen molar-refractivity contribution in [2.45, 2.75) is 59.4 Å². The van der Waals surface area contributed by atoms with E-state index in [1.807, 2.05) is 0 Å². The van der Waals surface area contributed by atoms with Crippen molar-refractivity contribution in [3.63, 3.8) is 0 Å². The largest absolute Gasteiger partial charge is 0.357 e. The molecule has 0 amide bonds. The van der Waals surface area contributed by atoms with Crippen molar-refractivity contribution >= 4 is 17.3 Å². The van der Waals surface area contributed by atoms with Crippen molar-refractivity contribution in [3.8, 4) is 0 Å². The van der Waals surface area contributed by atoms with E-state index < -0.39 is 0 Å². The maximum absolute atomic E-state index is 4.70. The van der Waals surface area contributed by atoms with Gasteiger partial charge in [-0.2, -0.15) is 0 Å². The van der Waals surface area contributed by atoms with Crippen LogP contribution in [-0.4, -0.2) is 48.6 Å². The highest BCUT2D eigenvalue weighted by Crippen LogP contribution is 2.20.